The average molecular weight is 415 g/mol. The Morgan fingerprint density at radius 2 is 1.00 bits per heavy atom. The van der Waals surface area contributed by atoms with Gasteiger partial charge in [0, 0.05) is 6.61 Å². The van der Waals surface area contributed by atoms with Crippen LogP contribution >= 0.6 is 0 Å². The molecule has 1 unspecified atom stereocenters. The van der Waals surface area contributed by atoms with Crippen LogP contribution in [0.3, 0.4) is 0 Å². The van der Waals surface area contributed by atoms with Gasteiger partial charge in [-0.15, -0.1) is 0 Å². The Hall–Kier alpha value is -2.38. The summed E-state index contributed by atoms with van der Waals surface area (Å²) in [5.74, 6) is 0. The van der Waals surface area contributed by atoms with Crippen molar-refractivity contribution in [2.75, 3.05) is 6.61 Å². The van der Waals surface area contributed by atoms with Crippen LogP contribution in [0.1, 0.15) is 75.5 Å². The first-order valence-electron chi connectivity index (χ1n) is 12.1. The third kappa shape index (κ3) is 5.66. The van der Waals surface area contributed by atoms with Crippen LogP contribution in [0.4, 0.5) is 0 Å². The van der Waals surface area contributed by atoms with Gasteiger partial charge in [0.05, 0.1) is 11.5 Å². The van der Waals surface area contributed by atoms with Crippen LogP contribution in [-0.4, -0.2) is 12.7 Å². The van der Waals surface area contributed by atoms with E-state index in [-0.39, 0.29) is 11.5 Å². The summed E-state index contributed by atoms with van der Waals surface area (Å²) < 4.78 is 6.60. The summed E-state index contributed by atoms with van der Waals surface area (Å²) in [5.41, 5.74) is 3.58. The molecule has 164 valence electrons. The maximum absolute atomic E-state index is 6.60. The van der Waals surface area contributed by atoms with Gasteiger partial charge in [-0.05, 0) is 30.0 Å². The summed E-state index contributed by atoms with van der Waals surface area (Å²) in [5, 5.41) is 0. The monoisotopic (exact) mass is 414 g/mol. The van der Waals surface area contributed by atoms with Gasteiger partial charge in [-0.1, -0.05) is 136 Å². The smallest absolute Gasteiger partial charge is 0.0753 e. The first kappa shape index (κ1) is 23.3. The molecule has 0 aromatic heterocycles. The van der Waals surface area contributed by atoms with Gasteiger partial charge in [0.1, 0.15) is 0 Å². The third-order valence-electron chi connectivity index (χ3n) is 6.36. The number of hydrogen-bond acceptors (Lipinski definition) is 1. The van der Waals surface area contributed by atoms with Gasteiger partial charge in [-0.25, -0.2) is 0 Å². The summed E-state index contributed by atoms with van der Waals surface area (Å²) in [7, 11) is 0. The molecule has 1 nitrogen and oxygen atoms in total. The van der Waals surface area contributed by atoms with Gasteiger partial charge >= 0.3 is 0 Å². The molecule has 0 saturated heterocycles. The second-order valence-electron chi connectivity index (χ2n) is 8.41. The third-order valence-corrected chi connectivity index (χ3v) is 6.36. The number of benzene rings is 3. The second-order valence-corrected chi connectivity index (χ2v) is 8.41. The second kappa shape index (κ2) is 12.5. The molecule has 0 radical (unpaired) electrons. The van der Waals surface area contributed by atoms with E-state index < -0.39 is 0 Å². The molecule has 0 saturated carbocycles. The molecule has 3 rings (SSSR count). The van der Waals surface area contributed by atoms with Crippen molar-refractivity contribution in [1.29, 1.82) is 0 Å². The minimum absolute atomic E-state index is 0.0795. The lowest BCUT2D eigenvalue weighted by Gasteiger charge is -2.42. The Kier molecular flexibility index (Phi) is 9.37. The fourth-order valence-corrected chi connectivity index (χ4v) is 4.90. The van der Waals surface area contributed by atoms with Gasteiger partial charge in [-0.3, -0.25) is 0 Å². The summed E-state index contributed by atoms with van der Waals surface area (Å²) in [6.07, 6.45) is 8.91. The molecule has 0 heterocycles. The Morgan fingerprint density at radius 3 is 1.42 bits per heavy atom. The van der Waals surface area contributed by atoms with Crippen molar-refractivity contribution in [2.45, 2.75) is 70.3 Å². The SMILES string of the molecule is CCCCCCCCC(OCC)C(c1ccccc1)(c1ccccc1)c1ccccc1. The molecule has 3 aromatic rings. The highest BCUT2D eigenvalue weighted by Crippen LogP contribution is 2.45. The van der Waals surface area contributed by atoms with E-state index >= 15 is 0 Å². The van der Waals surface area contributed by atoms with Crippen molar-refractivity contribution in [3.63, 3.8) is 0 Å². The summed E-state index contributed by atoms with van der Waals surface area (Å²) in [6, 6.07) is 32.9. The molecule has 0 aliphatic heterocycles. The molecule has 1 atom stereocenters. The van der Waals surface area contributed by atoms with E-state index in [1.165, 1.54) is 55.2 Å². The number of unbranched alkanes of at least 4 members (excludes halogenated alkanes) is 5. The highest BCUT2D eigenvalue weighted by molar-refractivity contribution is 5.52. The Labute approximate surface area is 189 Å². The van der Waals surface area contributed by atoms with E-state index in [0.717, 1.165) is 13.0 Å². The number of ether oxygens (including phenoxy) is 1. The topological polar surface area (TPSA) is 9.23 Å². The van der Waals surface area contributed by atoms with Crippen LogP contribution in [0.2, 0.25) is 0 Å². The molecular formula is C30H38O. The fraction of sp³-hybridized carbons (Fsp3) is 0.400. The van der Waals surface area contributed by atoms with Crippen LogP contribution < -0.4 is 0 Å². The van der Waals surface area contributed by atoms with Crippen LogP contribution in [0.5, 0.6) is 0 Å². The maximum atomic E-state index is 6.60. The predicted molar refractivity (Wildman–Crippen MR) is 133 cm³/mol. The van der Waals surface area contributed by atoms with Crippen LogP contribution in [0.25, 0.3) is 0 Å². The minimum atomic E-state index is -0.330. The zero-order valence-corrected chi connectivity index (χ0v) is 19.3. The van der Waals surface area contributed by atoms with Crippen molar-refractivity contribution in [3.05, 3.63) is 108 Å². The lowest BCUT2D eigenvalue weighted by Crippen LogP contribution is -2.43. The first-order chi connectivity index (χ1) is 15.3. The highest BCUT2D eigenvalue weighted by atomic mass is 16.5. The standard InChI is InChI=1S/C30H38O/c1-3-5-6-7-8-18-25-29(31-4-2)30(26-19-12-9-13-20-26,27-21-14-10-15-22-27)28-23-16-11-17-24-28/h9-17,19-24,29H,3-8,18,25H2,1-2H3. The van der Waals surface area contributed by atoms with Crippen LogP contribution in [0.15, 0.2) is 91.0 Å². The molecule has 0 aliphatic carbocycles. The molecule has 0 N–H and O–H groups in total. The number of hydrogen-bond donors (Lipinski definition) is 0. The quantitative estimate of drug-likeness (QED) is 0.202. The van der Waals surface area contributed by atoms with Crippen molar-refractivity contribution < 1.29 is 4.74 Å². The summed E-state index contributed by atoms with van der Waals surface area (Å²) in [6.45, 7) is 5.12. The number of rotatable bonds is 13. The van der Waals surface area contributed by atoms with Crippen LogP contribution in [-0.2, 0) is 10.2 Å². The maximum Gasteiger partial charge on any atom is 0.0753 e. The molecule has 1 heteroatoms. The van der Waals surface area contributed by atoms with E-state index in [9.17, 15) is 0 Å². The van der Waals surface area contributed by atoms with Gasteiger partial charge in [0.15, 0.2) is 0 Å². The molecule has 31 heavy (non-hydrogen) atoms. The summed E-state index contributed by atoms with van der Waals surface area (Å²) >= 11 is 0. The lowest BCUT2D eigenvalue weighted by molar-refractivity contribution is 0.0206. The first-order valence-corrected chi connectivity index (χ1v) is 12.1. The van der Waals surface area contributed by atoms with E-state index in [1.54, 1.807) is 0 Å². The highest BCUT2D eigenvalue weighted by Gasteiger charge is 2.44. The Morgan fingerprint density at radius 1 is 0.581 bits per heavy atom. The van der Waals surface area contributed by atoms with E-state index in [0.29, 0.717) is 0 Å². The van der Waals surface area contributed by atoms with Crippen molar-refractivity contribution >= 4 is 0 Å². The minimum Gasteiger partial charge on any atom is -0.377 e. The Bertz CT molecular complexity index is 745. The molecule has 3 aromatic carbocycles. The van der Waals surface area contributed by atoms with Gasteiger partial charge in [0.25, 0.3) is 0 Å². The predicted octanol–water partition coefficient (Wildman–Crippen LogP) is 8.18. The van der Waals surface area contributed by atoms with E-state index in [1.807, 2.05) is 0 Å². The zero-order chi connectivity index (χ0) is 21.8. The van der Waals surface area contributed by atoms with Gasteiger partial charge < -0.3 is 4.74 Å². The summed E-state index contributed by atoms with van der Waals surface area (Å²) in [4.78, 5) is 0. The van der Waals surface area contributed by atoms with Crippen molar-refractivity contribution in [1.82, 2.24) is 0 Å². The van der Waals surface area contributed by atoms with Gasteiger partial charge in [-0.2, -0.15) is 0 Å². The van der Waals surface area contributed by atoms with Crippen LogP contribution in [0, 0.1) is 0 Å². The molecule has 0 amide bonds. The van der Waals surface area contributed by atoms with Crippen molar-refractivity contribution in [2.24, 2.45) is 0 Å². The van der Waals surface area contributed by atoms with E-state index in [2.05, 4.69) is 105 Å². The molecular weight excluding hydrogens is 376 g/mol. The van der Waals surface area contributed by atoms with Crippen molar-refractivity contribution in [3.8, 4) is 0 Å². The molecule has 0 fully saturated rings. The lowest BCUT2D eigenvalue weighted by atomic mass is 9.64. The normalized spacial score (nSPS) is 12.6. The zero-order valence-electron chi connectivity index (χ0n) is 19.3. The van der Waals surface area contributed by atoms with Gasteiger partial charge in [0.2, 0.25) is 0 Å². The largest absolute Gasteiger partial charge is 0.377 e. The molecule has 0 spiro atoms. The van der Waals surface area contributed by atoms with E-state index in [4.69, 9.17) is 4.74 Å². The fourth-order valence-electron chi connectivity index (χ4n) is 4.90. The average Bonchev–Trinajstić information content (AvgIpc) is 2.84. The molecule has 0 bridgehead atoms. The molecule has 0 aliphatic rings. The Balaban J connectivity index is 2.06.